The van der Waals surface area contributed by atoms with E-state index >= 15 is 0 Å². The number of hydrogen-bond donors (Lipinski definition) is 1. The molecule has 0 aliphatic heterocycles. The zero-order chi connectivity index (χ0) is 12.3. The summed E-state index contributed by atoms with van der Waals surface area (Å²) in [5.41, 5.74) is 2.04. The molecule has 0 spiro atoms. The molecule has 0 radical (unpaired) electrons. The molecule has 0 fully saturated rings. The maximum Gasteiger partial charge on any atom is 0.119 e. The lowest BCUT2D eigenvalue weighted by Gasteiger charge is -2.02. The lowest BCUT2D eigenvalue weighted by Crippen LogP contribution is -1.89. The Balaban J connectivity index is 2.37. The Kier molecular flexibility index (Phi) is 3.76. The van der Waals surface area contributed by atoms with Crippen LogP contribution in [0.25, 0.3) is 11.3 Å². The lowest BCUT2D eigenvalue weighted by atomic mass is 10.1. The van der Waals surface area contributed by atoms with E-state index in [1.54, 1.807) is 18.4 Å². The minimum Gasteiger partial charge on any atom is -0.497 e. The first-order valence-corrected chi connectivity index (χ1v) is 6.28. The van der Waals surface area contributed by atoms with Crippen molar-refractivity contribution in [2.24, 2.45) is 0 Å². The van der Waals surface area contributed by atoms with Gasteiger partial charge in [0.2, 0.25) is 0 Å². The molecule has 0 saturated carbocycles. The predicted octanol–water partition coefficient (Wildman–Crippen LogP) is 2.66. The summed E-state index contributed by atoms with van der Waals surface area (Å²) in [7, 11) is 1.66. The fourth-order valence-electron chi connectivity index (χ4n) is 1.69. The highest BCUT2D eigenvalue weighted by Gasteiger charge is 2.09. The molecule has 0 bridgehead atoms. The summed E-state index contributed by atoms with van der Waals surface area (Å²) in [5.74, 6) is 0.832. The van der Waals surface area contributed by atoms with Crippen molar-refractivity contribution in [1.82, 2.24) is 4.98 Å². The molecule has 1 aromatic heterocycles. The van der Waals surface area contributed by atoms with Crippen LogP contribution in [0.15, 0.2) is 24.3 Å². The summed E-state index contributed by atoms with van der Waals surface area (Å²) in [6.07, 6.45) is 0.621. The Morgan fingerprint density at radius 1 is 1.41 bits per heavy atom. The van der Waals surface area contributed by atoms with E-state index in [1.165, 1.54) is 4.88 Å². The minimum atomic E-state index is 0.143. The molecular weight excluding hydrogens is 234 g/mol. The number of ether oxygens (including phenoxy) is 1. The smallest absolute Gasteiger partial charge is 0.119 e. The van der Waals surface area contributed by atoms with Crippen LogP contribution in [0.2, 0.25) is 0 Å². The number of benzene rings is 1. The fourth-order valence-corrected chi connectivity index (χ4v) is 2.64. The Morgan fingerprint density at radius 3 is 2.94 bits per heavy atom. The number of aliphatic hydroxyl groups is 1. The molecule has 0 unspecified atom stereocenters. The zero-order valence-electron chi connectivity index (χ0n) is 9.93. The number of rotatable bonds is 4. The van der Waals surface area contributed by atoms with E-state index in [0.29, 0.717) is 6.42 Å². The first-order chi connectivity index (χ1) is 8.24. The maximum absolute atomic E-state index is 8.92. The largest absolute Gasteiger partial charge is 0.497 e. The van der Waals surface area contributed by atoms with Crippen LogP contribution in [0.3, 0.4) is 0 Å². The van der Waals surface area contributed by atoms with Gasteiger partial charge in [0.15, 0.2) is 0 Å². The van der Waals surface area contributed by atoms with Crippen LogP contribution in [0, 0.1) is 6.92 Å². The third-order valence-corrected chi connectivity index (χ3v) is 3.54. The third kappa shape index (κ3) is 2.65. The summed E-state index contributed by atoms with van der Waals surface area (Å²) in [6.45, 7) is 2.19. The van der Waals surface area contributed by atoms with Crippen molar-refractivity contribution >= 4 is 11.3 Å². The van der Waals surface area contributed by atoms with E-state index in [2.05, 4.69) is 4.98 Å². The molecule has 1 aromatic carbocycles. The Bertz CT molecular complexity index is 508. The van der Waals surface area contributed by atoms with Gasteiger partial charge in [0.05, 0.1) is 17.8 Å². The summed E-state index contributed by atoms with van der Waals surface area (Å²) < 4.78 is 5.21. The second-order valence-corrected chi connectivity index (χ2v) is 5.01. The molecule has 2 rings (SSSR count). The van der Waals surface area contributed by atoms with Gasteiger partial charge in [0.25, 0.3) is 0 Å². The quantitative estimate of drug-likeness (QED) is 0.905. The average Bonchev–Trinajstić information content (AvgIpc) is 2.71. The van der Waals surface area contributed by atoms with Crippen LogP contribution >= 0.6 is 11.3 Å². The number of methoxy groups -OCH3 is 1. The van der Waals surface area contributed by atoms with E-state index in [0.717, 1.165) is 22.0 Å². The van der Waals surface area contributed by atoms with Gasteiger partial charge < -0.3 is 9.84 Å². The number of aromatic nitrogens is 1. The van der Waals surface area contributed by atoms with Gasteiger partial charge in [-0.2, -0.15) is 0 Å². The van der Waals surface area contributed by atoms with Gasteiger partial charge in [-0.3, -0.25) is 0 Å². The SMILES string of the molecule is COc1cccc(-c2nc(CCO)sc2C)c1. The lowest BCUT2D eigenvalue weighted by molar-refractivity contribution is 0.299. The summed E-state index contributed by atoms with van der Waals surface area (Å²) in [5, 5.41) is 9.89. The number of aryl methyl sites for hydroxylation is 1. The second kappa shape index (κ2) is 5.29. The van der Waals surface area contributed by atoms with Crippen molar-refractivity contribution in [3.05, 3.63) is 34.2 Å². The first-order valence-electron chi connectivity index (χ1n) is 5.46. The van der Waals surface area contributed by atoms with Crippen molar-refractivity contribution in [1.29, 1.82) is 0 Å². The van der Waals surface area contributed by atoms with Gasteiger partial charge in [-0.1, -0.05) is 12.1 Å². The van der Waals surface area contributed by atoms with Crippen molar-refractivity contribution < 1.29 is 9.84 Å². The standard InChI is InChI=1S/C13H15NO2S/c1-9-13(14-12(17-9)6-7-15)10-4-3-5-11(8-10)16-2/h3-5,8,15H,6-7H2,1-2H3. The number of aliphatic hydroxyl groups excluding tert-OH is 1. The van der Waals surface area contributed by atoms with Crippen LogP contribution in [-0.2, 0) is 6.42 Å². The van der Waals surface area contributed by atoms with Crippen LogP contribution in [-0.4, -0.2) is 23.8 Å². The molecule has 0 aliphatic rings. The second-order valence-electron chi connectivity index (χ2n) is 3.72. The van der Waals surface area contributed by atoms with Gasteiger partial charge in [-0.05, 0) is 19.1 Å². The summed E-state index contributed by atoms with van der Waals surface area (Å²) >= 11 is 1.64. The number of thiazole rings is 1. The van der Waals surface area contributed by atoms with E-state index in [1.807, 2.05) is 31.2 Å². The Hall–Kier alpha value is -1.39. The third-order valence-electron chi connectivity index (χ3n) is 2.51. The van der Waals surface area contributed by atoms with E-state index < -0.39 is 0 Å². The molecule has 0 atom stereocenters. The summed E-state index contributed by atoms with van der Waals surface area (Å²) in [6, 6.07) is 7.87. The molecule has 1 N–H and O–H groups in total. The minimum absolute atomic E-state index is 0.143. The molecule has 2 aromatic rings. The highest BCUT2D eigenvalue weighted by molar-refractivity contribution is 7.12. The van der Waals surface area contributed by atoms with Gasteiger partial charge in [-0.15, -0.1) is 11.3 Å². The molecule has 0 amide bonds. The fraction of sp³-hybridized carbons (Fsp3) is 0.308. The Labute approximate surface area is 105 Å². The average molecular weight is 249 g/mol. The van der Waals surface area contributed by atoms with E-state index in [9.17, 15) is 0 Å². The monoisotopic (exact) mass is 249 g/mol. The maximum atomic E-state index is 8.92. The predicted molar refractivity (Wildman–Crippen MR) is 69.6 cm³/mol. The highest BCUT2D eigenvalue weighted by atomic mass is 32.1. The van der Waals surface area contributed by atoms with Gasteiger partial charge in [-0.25, -0.2) is 4.98 Å². The Morgan fingerprint density at radius 2 is 2.24 bits per heavy atom. The molecule has 4 heteroatoms. The van der Waals surface area contributed by atoms with Crippen molar-refractivity contribution in [2.45, 2.75) is 13.3 Å². The van der Waals surface area contributed by atoms with Gasteiger partial charge in [0, 0.05) is 23.5 Å². The van der Waals surface area contributed by atoms with E-state index in [-0.39, 0.29) is 6.61 Å². The molecular formula is C13H15NO2S. The van der Waals surface area contributed by atoms with Gasteiger partial charge in [0.1, 0.15) is 5.75 Å². The topological polar surface area (TPSA) is 42.4 Å². The van der Waals surface area contributed by atoms with Crippen molar-refractivity contribution in [3.8, 4) is 17.0 Å². The first kappa shape index (κ1) is 12.1. The van der Waals surface area contributed by atoms with Crippen LogP contribution in [0.1, 0.15) is 9.88 Å². The molecule has 1 heterocycles. The molecule has 0 saturated heterocycles. The van der Waals surface area contributed by atoms with Crippen LogP contribution in [0.5, 0.6) is 5.75 Å². The number of nitrogens with zero attached hydrogens (tertiary/aromatic N) is 1. The normalized spacial score (nSPS) is 10.5. The number of hydrogen-bond acceptors (Lipinski definition) is 4. The molecule has 17 heavy (non-hydrogen) atoms. The van der Waals surface area contributed by atoms with Crippen molar-refractivity contribution in [3.63, 3.8) is 0 Å². The summed E-state index contributed by atoms with van der Waals surface area (Å²) in [4.78, 5) is 5.72. The molecule has 3 nitrogen and oxygen atoms in total. The highest BCUT2D eigenvalue weighted by Crippen LogP contribution is 2.29. The van der Waals surface area contributed by atoms with Gasteiger partial charge >= 0.3 is 0 Å². The molecule has 90 valence electrons. The van der Waals surface area contributed by atoms with Crippen LogP contribution < -0.4 is 4.74 Å². The van der Waals surface area contributed by atoms with E-state index in [4.69, 9.17) is 9.84 Å². The zero-order valence-corrected chi connectivity index (χ0v) is 10.8. The van der Waals surface area contributed by atoms with Crippen molar-refractivity contribution in [2.75, 3.05) is 13.7 Å². The van der Waals surface area contributed by atoms with Crippen LogP contribution in [0.4, 0.5) is 0 Å². The molecule has 0 aliphatic carbocycles.